The van der Waals surface area contributed by atoms with Crippen molar-refractivity contribution < 1.29 is 22.7 Å². The molecule has 10 nitrogen and oxygen atoms in total. The third kappa shape index (κ3) is 4.54. The number of amides is 1. The van der Waals surface area contributed by atoms with E-state index >= 15 is 4.39 Å². The van der Waals surface area contributed by atoms with Gasteiger partial charge in [0.05, 0.1) is 48.7 Å². The van der Waals surface area contributed by atoms with E-state index in [1.165, 1.54) is 22.3 Å². The van der Waals surface area contributed by atoms with E-state index in [1.54, 1.807) is 30.3 Å². The Morgan fingerprint density at radius 2 is 2.08 bits per heavy atom. The quantitative estimate of drug-likeness (QED) is 0.406. The third-order valence-electron chi connectivity index (χ3n) is 6.31. The van der Waals surface area contributed by atoms with Gasteiger partial charge in [-0.15, -0.1) is 5.10 Å². The van der Waals surface area contributed by atoms with Gasteiger partial charge in [-0.2, -0.15) is 10.1 Å². The molecule has 2 N–H and O–H groups in total. The fourth-order valence-electron chi connectivity index (χ4n) is 4.59. The number of anilines is 1. The van der Waals surface area contributed by atoms with Crippen molar-refractivity contribution in [1.82, 2.24) is 34.4 Å². The number of halogens is 3. The number of nitrogens with one attached hydrogen (secondary N) is 2. The molecule has 4 aromatic rings. The highest BCUT2D eigenvalue weighted by atomic mass is 19.3. The number of fused-ring (bicyclic) bond motifs is 2. The van der Waals surface area contributed by atoms with Gasteiger partial charge < -0.3 is 20.3 Å². The van der Waals surface area contributed by atoms with E-state index in [9.17, 15) is 13.6 Å². The van der Waals surface area contributed by atoms with E-state index in [1.807, 2.05) is 13.8 Å². The van der Waals surface area contributed by atoms with Crippen LogP contribution in [0.2, 0.25) is 0 Å². The SMILES string of the molecule is COc1nc(N[C@@H]2CCN(C)CC2(F)F)nn2cc(F)c(-c3ccn4ncc(C(=O)NC(C)C)c4c3)c12. The maximum absolute atomic E-state index is 15.3. The zero-order valence-corrected chi connectivity index (χ0v) is 20.8. The van der Waals surface area contributed by atoms with E-state index in [2.05, 4.69) is 25.8 Å². The molecule has 0 aromatic carbocycles. The Labute approximate surface area is 210 Å². The van der Waals surface area contributed by atoms with Crippen molar-refractivity contribution in [2.45, 2.75) is 38.3 Å². The summed E-state index contributed by atoms with van der Waals surface area (Å²) in [7, 11) is 3.00. The molecule has 0 bridgehead atoms. The Hall–Kier alpha value is -3.87. The van der Waals surface area contributed by atoms with Crippen LogP contribution in [0.1, 0.15) is 30.6 Å². The Bertz CT molecular complexity index is 1480. The number of hydrogen-bond acceptors (Lipinski definition) is 7. The van der Waals surface area contributed by atoms with Crippen LogP contribution in [0.15, 0.2) is 30.7 Å². The number of alkyl halides is 2. The first-order chi connectivity index (χ1) is 17.6. The molecule has 0 radical (unpaired) electrons. The number of methoxy groups -OCH3 is 1. The summed E-state index contributed by atoms with van der Waals surface area (Å²) < 4.78 is 52.6. The third-order valence-corrected chi connectivity index (χ3v) is 6.31. The second-order valence-electron chi connectivity index (χ2n) is 9.51. The van der Waals surface area contributed by atoms with Gasteiger partial charge in [0.1, 0.15) is 5.52 Å². The standard InChI is InChI=1S/C24H27F3N8O2/c1-13(2)29-21(36)15-10-28-34-8-5-14(9-17(15)34)19-16(25)11-35-20(19)22(37-4)31-23(32-35)30-18-6-7-33(3)12-24(18,26)27/h5,8-11,13,18H,6-7,12H2,1-4H3,(H,29,36)(H,30,32)/t18-/m1/s1. The number of nitrogens with zero attached hydrogens (tertiary/aromatic N) is 6. The van der Waals surface area contributed by atoms with Gasteiger partial charge in [-0.3, -0.25) is 4.79 Å². The molecule has 1 saturated heterocycles. The lowest BCUT2D eigenvalue weighted by Crippen LogP contribution is -2.53. The molecule has 196 valence electrons. The minimum absolute atomic E-state index is 0.0128. The molecule has 5 heterocycles. The van der Waals surface area contributed by atoms with Crippen LogP contribution in [-0.2, 0) is 0 Å². The molecule has 0 saturated carbocycles. The molecule has 4 aromatic heterocycles. The number of likely N-dealkylation sites (tertiary alicyclic amines) is 1. The normalized spacial score (nSPS) is 18.0. The minimum Gasteiger partial charge on any atom is -0.479 e. The lowest BCUT2D eigenvalue weighted by atomic mass is 10.0. The van der Waals surface area contributed by atoms with Gasteiger partial charge in [0, 0.05) is 18.8 Å². The Kier molecular flexibility index (Phi) is 6.18. The van der Waals surface area contributed by atoms with Crippen molar-refractivity contribution in [3.8, 4) is 17.0 Å². The number of aromatic nitrogens is 5. The molecular weight excluding hydrogens is 489 g/mol. The summed E-state index contributed by atoms with van der Waals surface area (Å²) >= 11 is 0. The summed E-state index contributed by atoms with van der Waals surface area (Å²) in [6.45, 7) is 3.80. The first-order valence-corrected chi connectivity index (χ1v) is 11.8. The average Bonchev–Trinajstić information content (AvgIpc) is 3.39. The van der Waals surface area contributed by atoms with Gasteiger partial charge >= 0.3 is 0 Å². The molecule has 1 amide bonds. The maximum atomic E-state index is 15.3. The Balaban J connectivity index is 1.56. The van der Waals surface area contributed by atoms with Crippen LogP contribution < -0.4 is 15.4 Å². The second kappa shape index (κ2) is 9.21. The highest BCUT2D eigenvalue weighted by Gasteiger charge is 2.44. The highest BCUT2D eigenvalue weighted by molar-refractivity contribution is 6.01. The highest BCUT2D eigenvalue weighted by Crippen LogP contribution is 2.36. The first-order valence-electron chi connectivity index (χ1n) is 11.8. The van der Waals surface area contributed by atoms with Crippen LogP contribution in [0.3, 0.4) is 0 Å². The summed E-state index contributed by atoms with van der Waals surface area (Å²) in [5.74, 6) is -4.00. The number of ether oxygens (including phenoxy) is 1. The van der Waals surface area contributed by atoms with Crippen LogP contribution in [-0.4, -0.2) is 80.3 Å². The zero-order valence-electron chi connectivity index (χ0n) is 20.8. The van der Waals surface area contributed by atoms with E-state index < -0.39 is 17.8 Å². The summed E-state index contributed by atoms with van der Waals surface area (Å²) in [5, 5.41) is 14.0. The largest absolute Gasteiger partial charge is 0.479 e. The molecule has 1 aliphatic heterocycles. The van der Waals surface area contributed by atoms with Crippen molar-refractivity contribution >= 4 is 22.9 Å². The lowest BCUT2D eigenvalue weighted by Gasteiger charge is -2.36. The van der Waals surface area contributed by atoms with Crippen molar-refractivity contribution in [1.29, 1.82) is 0 Å². The van der Waals surface area contributed by atoms with E-state index in [-0.39, 0.29) is 47.8 Å². The molecule has 13 heteroatoms. The van der Waals surface area contributed by atoms with E-state index in [4.69, 9.17) is 4.74 Å². The molecule has 1 atom stereocenters. The van der Waals surface area contributed by atoms with Gasteiger partial charge in [-0.05, 0) is 45.0 Å². The second-order valence-corrected chi connectivity index (χ2v) is 9.51. The van der Waals surface area contributed by atoms with Crippen LogP contribution in [0.5, 0.6) is 5.88 Å². The summed E-state index contributed by atoms with van der Waals surface area (Å²) in [6, 6.07) is 2.04. The van der Waals surface area contributed by atoms with Gasteiger partial charge in [0.2, 0.25) is 11.8 Å². The Morgan fingerprint density at radius 1 is 1.30 bits per heavy atom. The summed E-state index contributed by atoms with van der Waals surface area (Å²) in [4.78, 5) is 18.5. The van der Waals surface area contributed by atoms with E-state index in [0.29, 0.717) is 23.2 Å². The number of carbonyl (C=O) groups excluding carboxylic acids is 1. The molecule has 37 heavy (non-hydrogen) atoms. The molecule has 0 aliphatic carbocycles. The number of carbonyl (C=O) groups is 1. The van der Waals surface area contributed by atoms with Crippen molar-refractivity contribution in [3.05, 3.63) is 42.1 Å². The van der Waals surface area contributed by atoms with Crippen LogP contribution >= 0.6 is 0 Å². The van der Waals surface area contributed by atoms with E-state index in [0.717, 1.165) is 6.20 Å². The predicted molar refractivity (Wildman–Crippen MR) is 131 cm³/mol. The molecule has 5 rings (SSSR count). The molecule has 0 unspecified atom stereocenters. The zero-order chi connectivity index (χ0) is 26.5. The minimum atomic E-state index is -2.99. The fourth-order valence-corrected chi connectivity index (χ4v) is 4.59. The molecule has 1 fully saturated rings. The molecule has 1 aliphatic rings. The van der Waals surface area contributed by atoms with Crippen LogP contribution in [0.4, 0.5) is 19.1 Å². The van der Waals surface area contributed by atoms with Gasteiger partial charge in [-0.25, -0.2) is 22.2 Å². The van der Waals surface area contributed by atoms with Gasteiger partial charge in [0.15, 0.2) is 5.82 Å². The first kappa shape index (κ1) is 24.8. The average molecular weight is 517 g/mol. The van der Waals surface area contributed by atoms with Gasteiger partial charge in [-0.1, -0.05) is 0 Å². The monoisotopic (exact) mass is 516 g/mol. The Morgan fingerprint density at radius 3 is 2.78 bits per heavy atom. The summed E-state index contributed by atoms with van der Waals surface area (Å²) in [5.41, 5.74) is 1.63. The number of piperidine rings is 1. The number of pyridine rings is 1. The maximum Gasteiger partial charge on any atom is 0.280 e. The molecular formula is C24H27F3N8O2. The topological polar surface area (TPSA) is 101 Å². The molecule has 0 spiro atoms. The van der Waals surface area contributed by atoms with Crippen LogP contribution in [0, 0.1) is 5.82 Å². The van der Waals surface area contributed by atoms with Crippen LogP contribution in [0.25, 0.3) is 22.2 Å². The van der Waals surface area contributed by atoms with Crippen molar-refractivity contribution in [2.24, 2.45) is 0 Å². The summed E-state index contributed by atoms with van der Waals surface area (Å²) in [6.07, 6.45) is 4.40. The van der Waals surface area contributed by atoms with Crippen molar-refractivity contribution in [2.75, 3.05) is 32.6 Å². The number of rotatable bonds is 6. The van der Waals surface area contributed by atoms with Crippen molar-refractivity contribution in [3.63, 3.8) is 0 Å². The smallest absolute Gasteiger partial charge is 0.280 e. The van der Waals surface area contributed by atoms with Gasteiger partial charge in [0.25, 0.3) is 11.8 Å². The fraction of sp³-hybridized carbons (Fsp3) is 0.417. The predicted octanol–water partition coefficient (Wildman–Crippen LogP) is 3.08. The number of hydrogen-bond donors (Lipinski definition) is 2. The lowest BCUT2D eigenvalue weighted by molar-refractivity contribution is -0.0675.